The SMILES string of the molecule is COC(=O)N1C[C@H]2C[C@H]3C[C@]31C(=O)N[C@@H](CCCN=C(N)N)C(=O)NCC(=O)N[C@@H](CC(=O)O)C(=O)N2. The van der Waals surface area contributed by atoms with E-state index in [1.807, 2.05) is 0 Å². The number of aliphatic carboxylic acids is 1. The van der Waals surface area contributed by atoms with Gasteiger partial charge in [0.25, 0.3) is 0 Å². The van der Waals surface area contributed by atoms with Crippen LogP contribution in [0.4, 0.5) is 4.79 Å². The molecule has 0 radical (unpaired) electrons. The minimum absolute atomic E-state index is 0.0859. The van der Waals surface area contributed by atoms with E-state index in [0.29, 0.717) is 12.8 Å². The van der Waals surface area contributed by atoms with Crippen molar-refractivity contribution >= 4 is 41.7 Å². The monoisotopic (exact) mass is 524 g/mol. The molecule has 1 spiro atoms. The second kappa shape index (κ2) is 11.3. The van der Waals surface area contributed by atoms with Gasteiger partial charge in [-0.2, -0.15) is 0 Å². The fourth-order valence-electron chi connectivity index (χ4n) is 4.86. The number of hydrogen-bond donors (Lipinski definition) is 7. The second-order valence-electron chi connectivity index (χ2n) is 9.26. The predicted molar refractivity (Wildman–Crippen MR) is 126 cm³/mol. The van der Waals surface area contributed by atoms with E-state index in [1.54, 1.807) is 0 Å². The highest BCUT2D eigenvalue weighted by Crippen LogP contribution is 2.54. The fourth-order valence-corrected chi connectivity index (χ4v) is 4.86. The first-order valence-electron chi connectivity index (χ1n) is 11.8. The number of nitrogens with one attached hydrogen (secondary N) is 4. The molecule has 0 aromatic carbocycles. The highest BCUT2D eigenvalue weighted by atomic mass is 16.5. The maximum Gasteiger partial charge on any atom is 0.410 e. The molecule has 9 N–H and O–H groups in total. The van der Waals surface area contributed by atoms with Gasteiger partial charge in [-0.1, -0.05) is 0 Å². The van der Waals surface area contributed by atoms with E-state index in [-0.39, 0.29) is 37.8 Å². The average Bonchev–Trinajstić information content (AvgIpc) is 3.57. The molecule has 0 aromatic heterocycles. The standard InChI is InChI=1S/C21H32N8O8/c1-37-20(36)29-9-11-5-10-7-21(10,29)18(35)28-12(3-2-4-24-19(22)23)16(33)25-8-14(30)27-13(6-15(31)32)17(34)26-11/h10-13H,2-9H2,1H3,(H,25,33)(H,26,34)(H,27,30)(H,28,35)(H,31,32)(H4,22,23,24)/t10-,11+,12-,13-,21+/m0/s1. The maximum atomic E-state index is 13.5. The summed E-state index contributed by atoms with van der Waals surface area (Å²) in [5.74, 6) is -4.59. The number of rotatable bonds is 6. The van der Waals surface area contributed by atoms with Gasteiger partial charge in [0.2, 0.25) is 23.6 Å². The number of ether oxygens (including phenoxy) is 1. The Labute approximate surface area is 211 Å². The number of piperidine rings is 1. The molecule has 37 heavy (non-hydrogen) atoms. The zero-order valence-electron chi connectivity index (χ0n) is 20.3. The van der Waals surface area contributed by atoms with Crippen LogP contribution < -0.4 is 32.7 Å². The van der Waals surface area contributed by atoms with Crippen molar-refractivity contribution in [2.45, 2.75) is 55.8 Å². The van der Waals surface area contributed by atoms with Gasteiger partial charge in [-0.05, 0) is 31.6 Å². The lowest BCUT2D eigenvalue weighted by molar-refractivity contribution is -0.141. The van der Waals surface area contributed by atoms with Gasteiger partial charge in [0, 0.05) is 19.1 Å². The molecule has 3 saturated heterocycles. The Morgan fingerprint density at radius 3 is 2.51 bits per heavy atom. The zero-order chi connectivity index (χ0) is 27.3. The first-order valence-corrected chi connectivity index (χ1v) is 11.8. The molecule has 5 amide bonds. The van der Waals surface area contributed by atoms with Gasteiger partial charge in [0.15, 0.2) is 5.96 Å². The molecule has 2 bridgehead atoms. The molecule has 204 valence electrons. The summed E-state index contributed by atoms with van der Waals surface area (Å²) < 4.78 is 4.88. The summed E-state index contributed by atoms with van der Waals surface area (Å²) in [6.07, 6.45) is -0.426. The van der Waals surface area contributed by atoms with Crippen molar-refractivity contribution in [1.29, 1.82) is 0 Å². The maximum absolute atomic E-state index is 13.5. The van der Waals surface area contributed by atoms with E-state index < -0.39 is 72.3 Å². The molecule has 1 aliphatic carbocycles. The Kier molecular flexibility index (Phi) is 8.39. The van der Waals surface area contributed by atoms with E-state index in [4.69, 9.17) is 16.2 Å². The summed E-state index contributed by atoms with van der Waals surface area (Å²) in [6, 6.07) is -3.12. The Morgan fingerprint density at radius 2 is 1.86 bits per heavy atom. The van der Waals surface area contributed by atoms with Gasteiger partial charge in [-0.25, -0.2) is 4.79 Å². The molecule has 4 fully saturated rings. The van der Waals surface area contributed by atoms with Crippen LogP contribution in [0.5, 0.6) is 0 Å². The minimum atomic E-state index is -1.42. The number of carbonyl (C=O) groups is 6. The second-order valence-corrected chi connectivity index (χ2v) is 9.26. The molecule has 4 aliphatic rings. The number of fused-ring (bicyclic) bond motifs is 11. The fraction of sp³-hybridized carbons (Fsp3) is 0.667. The summed E-state index contributed by atoms with van der Waals surface area (Å²) >= 11 is 0. The van der Waals surface area contributed by atoms with Gasteiger partial charge in [-0.15, -0.1) is 0 Å². The predicted octanol–water partition coefficient (Wildman–Crippen LogP) is -3.67. The van der Waals surface area contributed by atoms with Crippen LogP contribution >= 0.6 is 0 Å². The van der Waals surface area contributed by atoms with Crippen LogP contribution in [-0.4, -0.2) is 102 Å². The molecule has 3 aliphatic heterocycles. The largest absolute Gasteiger partial charge is 0.481 e. The van der Waals surface area contributed by atoms with Crippen molar-refractivity contribution in [1.82, 2.24) is 26.2 Å². The third-order valence-corrected chi connectivity index (χ3v) is 6.68. The van der Waals surface area contributed by atoms with Crippen molar-refractivity contribution < 1.29 is 38.6 Å². The number of carbonyl (C=O) groups excluding carboxylic acids is 5. The summed E-state index contributed by atoms with van der Waals surface area (Å²) in [5, 5.41) is 19.3. The minimum Gasteiger partial charge on any atom is -0.481 e. The normalized spacial score (nSPS) is 29.8. The first kappa shape index (κ1) is 27.5. The number of nitrogens with two attached hydrogens (primary N) is 2. The third-order valence-electron chi connectivity index (χ3n) is 6.68. The van der Waals surface area contributed by atoms with Gasteiger partial charge >= 0.3 is 12.1 Å². The van der Waals surface area contributed by atoms with E-state index in [0.717, 1.165) is 7.11 Å². The van der Waals surface area contributed by atoms with Gasteiger partial charge < -0.3 is 42.6 Å². The lowest BCUT2D eigenvalue weighted by atomic mass is 9.96. The molecule has 0 aromatic rings. The van der Waals surface area contributed by atoms with Crippen LogP contribution in [0.3, 0.4) is 0 Å². The van der Waals surface area contributed by atoms with Crippen LogP contribution in [0.1, 0.15) is 32.1 Å². The van der Waals surface area contributed by atoms with E-state index in [2.05, 4.69) is 26.3 Å². The molecule has 5 atom stereocenters. The number of aliphatic imine (C=N–C) groups is 1. The van der Waals surface area contributed by atoms with Crippen molar-refractivity contribution in [3.8, 4) is 0 Å². The lowest BCUT2D eigenvalue weighted by Gasteiger charge is -2.39. The number of amides is 5. The van der Waals surface area contributed by atoms with Gasteiger partial charge in [0.05, 0.1) is 20.1 Å². The van der Waals surface area contributed by atoms with E-state index in [9.17, 15) is 33.9 Å². The zero-order valence-corrected chi connectivity index (χ0v) is 20.3. The van der Waals surface area contributed by atoms with Crippen molar-refractivity contribution in [2.75, 3.05) is 26.7 Å². The van der Waals surface area contributed by atoms with Crippen LogP contribution in [-0.2, 0) is 28.7 Å². The number of hydrogen-bond acceptors (Lipinski definition) is 8. The van der Waals surface area contributed by atoms with Crippen molar-refractivity contribution in [3.05, 3.63) is 0 Å². The van der Waals surface area contributed by atoms with Gasteiger partial charge in [-0.3, -0.25) is 33.9 Å². The smallest absolute Gasteiger partial charge is 0.410 e. The third kappa shape index (κ3) is 6.37. The molecular formula is C21H32N8O8. The highest BCUT2D eigenvalue weighted by Gasteiger charge is 2.68. The molecule has 3 heterocycles. The Bertz CT molecular complexity index is 999. The van der Waals surface area contributed by atoms with Crippen LogP contribution in [0.25, 0.3) is 0 Å². The molecule has 4 rings (SSSR count). The quantitative estimate of drug-likeness (QED) is 0.0776. The molecule has 16 nitrogen and oxygen atoms in total. The van der Waals surface area contributed by atoms with E-state index in [1.165, 1.54) is 4.90 Å². The first-order chi connectivity index (χ1) is 17.5. The van der Waals surface area contributed by atoms with Crippen molar-refractivity contribution in [3.63, 3.8) is 0 Å². The Balaban J connectivity index is 1.90. The average molecular weight is 525 g/mol. The Hall–Kier alpha value is -4.11. The number of carboxylic acids is 1. The van der Waals surface area contributed by atoms with E-state index >= 15 is 0 Å². The topological polar surface area (TPSA) is 248 Å². The molecule has 1 saturated carbocycles. The molecule has 0 unspecified atom stereocenters. The van der Waals surface area contributed by atoms with Crippen LogP contribution in [0.2, 0.25) is 0 Å². The van der Waals surface area contributed by atoms with Crippen LogP contribution in [0.15, 0.2) is 4.99 Å². The summed E-state index contributed by atoms with van der Waals surface area (Å²) in [5.41, 5.74) is 9.38. The number of carboxylic acid groups (broad SMARTS) is 1. The van der Waals surface area contributed by atoms with Gasteiger partial charge in [0.1, 0.15) is 17.6 Å². The lowest BCUT2D eigenvalue weighted by Crippen LogP contribution is -2.62. The Morgan fingerprint density at radius 1 is 1.14 bits per heavy atom. The number of methoxy groups -OCH3 is 1. The molecule has 16 heteroatoms. The number of guanidine groups is 1. The van der Waals surface area contributed by atoms with Crippen LogP contribution in [0, 0.1) is 5.92 Å². The number of nitrogens with zero attached hydrogens (tertiary/aromatic N) is 2. The molecular weight excluding hydrogens is 492 g/mol. The van der Waals surface area contributed by atoms with Crippen molar-refractivity contribution in [2.24, 2.45) is 22.4 Å². The highest BCUT2D eigenvalue weighted by molar-refractivity contribution is 5.98. The summed E-state index contributed by atoms with van der Waals surface area (Å²) in [6.45, 7) is -0.456. The summed E-state index contributed by atoms with van der Waals surface area (Å²) in [7, 11) is 1.16. The summed E-state index contributed by atoms with van der Waals surface area (Å²) in [4.78, 5) is 80.6.